The van der Waals surface area contributed by atoms with Gasteiger partial charge < -0.3 is 5.32 Å². The lowest BCUT2D eigenvalue weighted by Crippen LogP contribution is -2.30. The maximum atomic E-state index is 11.4. The number of benzene rings is 1. The van der Waals surface area contributed by atoms with Gasteiger partial charge in [-0.3, -0.25) is 4.79 Å². The molecule has 0 saturated carbocycles. The second-order valence-corrected chi connectivity index (χ2v) is 5.28. The first kappa shape index (κ1) is 13.5. The van der Waals surface area contributed by atoms with Crippen molar-refractivity contribution in [3.63, 3.8) is 0 Å². The Morgan fingerprint density at radius 1 is 1.50 bits per heavy atom. The number of rotatable bonds is 4. The molecule has 88 valence electrons. The van der Waals surface area contributed by atoms with Crippen LogP contribution in [0.2, 0.25) is 5.02 Å². The first-order valence-corrected chi connectivity index (χ1v) is 6.39. The Kier molecular flexibility index (Phi) is 5.29. The fourth-order valence-corrected chi connectivity index (χ4v) is 2.13. The summed E-state index contributed by atoms with van der Waals surface area (Å²) in [4.78, 5) is 11.4. The zero-order valence-electron chi connectivity index (χ0n) is 9.39. The minimum atomic E-state index is 0.0639. The highest BCUT2D eigenvalue weighted by Gasteiger charge is 2.06. The van der Waals surface area contributed by atoms with Crippen LogP contribution in [0, 0.1) is 0 Å². The molecule has 16 heavy (non-hydrogen) atoms. The standard InChI is InChI=1S/C12H15BrClNO/c1-8(2)15-12(16)6-4-9-3-5-10(13)7-11(9)14/h3,5,7-8H,4,6H2,1-2H3,(H,15,16). The predicted molar refractivity (Wildman–Crippen MR) is 70.8 cm³/mol. The summed E-state index contributed by atoms with van der Waals surface area (Å²) in [6, 6.07) is 5.90. The Hall–Kier alpha value is -0.540. The summed E-state index contributed by atoms with van der Waals surface area (Å²) in [6.45, 7) is 3.90. The van der Waals surface area contributed by atoms with Gasteiger partial charge in [0.15, 0.2) is 0 Å². The van der Waals surface area contributed by atoms with Crippen LogP contribution in [0.25, 0.3) is 0 Å². The fraction of sp³-hybridized carbons (Fsp3) is 0.417. The molecule has 0 unspecified atom stereocenters. The summed E-state index contributed by atoms with van der Waals surface area (Å²) in [5, 5.41) is 3.55. The lowest BCUT2D eigenvalue weighted by atomic mass is 10.1. The van der Waals surface area contributed by atoms with Gasteiger partial charge in [0.25, 0.3) is 0 Å². The lowest BCUT2D eigenvalue weighted by Gasteiger charge is -2.08. The molecule has 4 heteroatoms. The van der Waals surface area contributed by atoms with E-state index >= 15 is 0 Å². The smallest absolute Gasteiger partial charge is 0.220 e. The van der Waals surface area contributed by atoms with Crippen molar-refractivity contribution in [2.45, 2.75) is 32.7 Å². The lowest BCUT2D eigenvalue weighted by molar-refractivity contribution is -0.121. The number of aryl methyl sites for hydroxylation is 1. The Morgan fingerprint density at radius 2 is 2.19 bits per heavy atom. The molecule has 1 aromatic carbocycles. The van der Waals surface area contributed by atoms with E-state index in [1.165, 1.54) is 0 Å². The van der Waals surface area contributed by atoms with E-state index in [1.54, 1.807) is 0 Å². The number of amides is 1. The molecule has 2 nitrogen and oxygen atoms in total. The molecule has 1 N–H and O–H groups in total. The number of carbonyl (C=O) groups is 1. The van der Waals surface area contributed by atoms with Gasteiger partial charge in [0.05, 0.1) is 0 Å². The molecule has 0 spiro atoms. The monoisotopic (exact) mass is 303 g/mol. The summed E-state index contributed by atoms with van der Waals surface area (Å²) in [7, 11) is 0. The van der Waals surface area contributed by atoms with Crippen LogP contribution in [0.15, 0.2) is 22.7 Å². The number of carbonyl (C=O) groups excluding carboxylic acids is 1. The van der Waals surface area contributed by atoms with Gasteiger partial charge in [-0.2, -0.15) is 0 Å². The number of nitrogens with one attached hydrogen (secondary N) is 1. The van der Waals surface area contributed by atoms with Crippen LogP contribution in [0.1, 0.15) is 25.8 Å². The van der Waals surface area contributed by atoms with Crippen molar-refractivity contribution in [3.05, 3.63) is 33.3 Å². The van der Waals surface area contributed by atoms with Gasteiger partial charge in [-0.1, -0.05) is 33.6 Å². The van der Waals surface area contributed by atoms with E-state index in [0.29, 0.717) is 17.9 Å². The van der Waals surface area contributed by atoms with Crippen LogP contribution < -0.4 is 5.32 Å². The minimum absolute atomic E-state index is 0.0639. The van der Waals surface area contributed by atoms with Crippen molar-refractivity contribution in [2.24, 2.45) is 0 Å². The second-order valence-electron chi connectivity index (χ2n) is 3.96. The van der Waals surface area contributed by atoms with Gasteiger partial charge in [0.1, 0.15) is 0 Å². The van der Waals surface area contributed by atoms with Gasteiger partial charge in [-0.15, -0.1) is 0 Å². The average molecular weight is 305 g/mol. The molecule has 0 aliphatic carbocycles. The van der Waals surface area contributed by atoms with Crippen LogP contribution in [-0.4, -0.2) is 11.9 Å². The maximum Gasteiger partial charge on any atom is 0.220 e. The summed E-state index contributed by atoms with van der Waals surface area (Å²) < 4.78 is 0.952. The van der Waals surface area contributed by atoms with Crippen LogP contribution in [0.3, 0.4) is 0 Å². The molecular weight excluding hydrogens is 289 g/mol. The molecule has 0 aromatic heterocycles. The Balaban J connectivity index is 2.51. The van der Waals surface area contributed by atoms with Gasteiger partial charge in [0.2, 0.25) is 5.91 Å². The van der Waals surface area contributed by atoms with Crippen LogP contribution >= 0.6 is 27.5 Å². The molecule has 0 aliphatic heterocycles. The highest BCUT2D eigenvalue weighted by Crippen LogP contribution is 2.22. The summed E-state index contributed by atoms with van der Waals surface area (Å²) >= 11 is 9.40. The number of hydrogen-bond donors (Lipinski definition) is 1. The molecular formula is C12H15BrClNO. The summed E-state index contributed by atoms with van der Waals surface area (Å²) in [6.07, 6.45) is 1.14. The molecule has 0 fully saturated rings. The fourth-order valence-electron chi connectivity index (χ4n) is 1.37. The molecule has 0 saturated heterocycles. The summed E-state index contributed by atoms with van der Waals surface area (Å²) in [5.74, 6) is 0.0639. The largest absolute Gasteiger partial charge is 0.354 e. The van der Waals surface area contributed by atoms with Gasteiger partial charge in [-0.25, -0.2) is 0 Å². The first-order chi connectivity index (χ1) is 7.49. The quantitative estimate of drug-likeness (QED) is 0.905. The normalized spacial score (nSPS) is 10.6. The molecule has 0 aliphatic rings. The summed E-state index contributed by atoms with van der Waals surface area (Å²) in [5.41, 5.74) is 1.00. The molecule has 0 heterocycles. The Morgan fingerprint density at radius 3 is 2.75 bits per heavy atom. The van der Waals surface area contributed by atoms with Crippen molar-refractivity contribution < 1.29 is 4.79 Å². The molecule has 1 rings (SSSR count). The Labute approximate surface area is 110 Å². The first-order valence-electron chi connectivity index (χ1n) is 5.22. The molecule has 1 amide bonds. The highest BCUT2D eigenvalue weighted by atomic mass is 79.9. The number of hydrogen-bond acceptors (Lipinski definition) is 1. The Bertz CT molecular complexity index is 379. The maximum absolute atomic E-state index is 11.4. The van der Waals surface area contributed by atoms with Gasteiger partial charge >= 0.3 is 0 Å². The third-order valence-electron chi connectivity index (χ3n) is 2.09. The van der Waals surface area contributed by atoms with Crippen molar-refractivity contribution in [2.75, 3.05) is 0 Å². The highest BCUT2D eigenvalue weighted by molar-refractivity contribution is 9.10. The van der Waals surface area contributed by atoms with E-state index in [0.717, 1.165) is 10.0 Å². The van der Waals surface area contributed by atoms with Crippen molar-refractivity contribution in [1.82, 2.24) is 5.32 Å². The minimum Gasteiger partial charge on any atom is -0.354 e. The van der Waals surface area contributed by atoms with E-state index in [4.69, 9.17) is 11.6 Å². The van der Waals surface area contributed by atoms with E-state index in [-0.39, 0.29) is 11.9 Å². The molecule has 0 radical (unpaired) electrons. The molecule has 1 aromatic rings. The average Bonchev–Trinajstić information content (AvgIpc) is 2.15. The number of halogens is 2. The van der Waals surface area contributed by atoms with E-state index in [9.17, 15) is 4.79 Å². The van der Waals surface area contributed by atoms with Crippen molar-refractivity contribution in [1.29, 1.82) is 0 Å². The van der Waals surface area contributed by atoms with Crippen molar-refractivity contribution >= 4 is 33.4 Å². The van der Waals surface area contributed by atoms with Crippen LogP contribution in [0.4, 0.5) is 0 Å². The third kappa shape index (κ3) is 4.54. The van der Waals surface area contributed by atoms with Gasteiger partial charge in [-0.05, 0) is 38.0 Å². The van der Waals surface area contributed by atoms with Crippen LogP contribution in [0.5, 0.6) is 0 Å². The molecule has 0 atom stereocenters. The second kappa shape index (κ2) is 6.26. The topological polar surface area (TPSA) is 29.1 Å². The molecule has 0 bridgehead atoms. The van der Waals surface area contributed by atoms with E-state index < -0.39 is 0 Å². The van der Waals surface area contributed by atoms with Crippen molar-refractivity contribution in [3.8, 4) is 0 Å². The SMILES string of the molecule is CC(C)NC(=O)CCc1ccc(Br)cc1Cl. The van der Waals surface area contributed by atoms with E-state index in [2.05, 4.69) is 21.2 Å². The predicted octanol–water partition coefficient (Wildman–Crippen LogP) is 3.56. The van der Waals surface area contributed by atoms with Gasteiger partial charge in [0, 0.05) is 22.0 Å². The zero-order chi connectivity index (χ0) is 12.1. The van der Waals surface area contributed by atoms with E-state index in [1.807, 2.05) is 32.0 Å². The third-order valence-corrected chi connectivity index (χ3v) is 2.93. The zero-order valence-corrected chi connectivity index (χ0v) is 11.7. The van der Waals surface area contributed by atoms with Crippen LogP contribution in [-0.2, 0) is 11.2 Å².